The van der Waals surface area contributed by atoms with Gasteiger partial charge in [0.25, 0.3) is 5.91 Å². The Kier molecular flexibility index (Phi) is 5.98. The topological polar surface area (TPSA) is 87.7 Å². The Morgan fingerprint density at radius 2 is 1.74 bits per heavy atom. The molecule has 7 nitrogen and oxygen atoms in total. The summed E-state index contributed by atoms with van der Waals surface area (Å²) in [5.41, 5.74) is 2.65. The number of sulfonamides is 1. The molecule has 27 heavy (non-hydrogen) atoms. The van der Waals surface area contributed by atoms with Crippen LogP contribution < -0.4 is 14.9 Å². The number of benzene rings is 2. The summed E-state index contributed by atoms with van der Waals surface area (Å²) >= 11 is 0. The zero-order valence-electron chi connectivity index (χ0n) is 15.1. The van der Waals surface area contributed by atoms with E-state index < -0.39 is 10.0 Å². The molecule has 3 rings (SSSR count). The number of nitrogens with zero attached hydrogens (tertiary/aromatic N) is 1. The van der Waals surface area contributed by atoms with Gasteiger partial charge < -0.3 is 15.0 Å². The van der Waals surface area contributed by atoms with E-state index in [-0.39, 0.29) is 17.2 Å². The fourth-order valence-electron chi connectivity index (χ4n) is 2.89. The molecular formula is C19H23N3O4S. The summed E-state index contributed by atoms with van der Waals surface area (Å²) in [4.78, 5) is 14.7. The summed E-state index contributed by atoms with van der Waals surface area (Å²) in [6.45, 7) is 3.58. The molecule has 0 unspecified atom stereocenters. The number of rotatable bonds is 6. The Bertz CT molecular complexity index is 891. The van der Waals surface area contributed by atoms with Crippen molar-refractivity contribution >= 4 is 27.3 Å². The molecule has 0 saturated carbocycles. The van der Waals surface area contributed by atoms with Crippen LogP contribution in [0.4, 0.5) is 11.4 Å². The first kappa shape index (κ1) is 19.2. The normalized spacial score (nSPS) is 14.6. The molecule has 0 bridgehead atoms. The smallest absolute Gasteiger partial charge is 0.253 e. The Morgan fingerprint density at radius 1 is 1.07 bits per heavy atom. The molecule has 1 amide bonds. The highest BCUT2D eigenvalue weighted by Crippen LogP contribution is 2.18. The van der Waals surface area contributed by atoms with E-state index in [9.17, 15) is 13.2 Å². The highest BCUT2D eigenvalue weighted by Gasteiger charge is 2.14. The van der Waals surface area contributed by atoms with E-state index in [1.54, 1.807) is 24.3 Å². The number of hydrogen-bond acceptors (Lipinski definition) is 5. The molecule has 2 N–H and O–H groups in total. The minimum Gasteiger partial charge on any atom is -0.378 e. The van der Waals surface area contributed by atoms with E-state index in [0.29, 0.717) is 6.54 Å². The summed E-state index contributed by atoms with van der Waals surface area (Å²) in [7, 11) is -3.46. The van der Waals surface area contributed by atoms with Crippen LogP contribution in [0.25, 0.3) is 0 Å². The van der Waals surface area contributed by atoms with Gasteiger partial charge in [-0.2, -0.15) is 0 Å². The van der Waals surface area contributed by atoms with Gasteiger partial charge in [-0.1, -0.05) is 24.3 Å². The highest BCUT2D eigenvalue weighted by atomic mass is 32.2. The van der Waals surface area contributed by atoms with E-state index in [1.807, 2.05) is 24.3 Å². The van der Waals surface area contributed by atoms with E-state index in [2.05, 4.69) is 14.9 Å². The number of anilines is 2. The van der Waals surface area contributed by atoms with Gasteiger partial charge in [-0.15, -0.1) is 0 Å². The Balaban J connectivity index is 1.62. The molecule has 2 aromatic rings. The van der Waals surface area contributed by atoms with Gasteiger partial charge in [0.2, 0.25) is 10.0 Å². The van der Waals surface area contributed by atoms with Crippen LogP contribution in [-0.2, 0) is 21.3 Å². The molecule has 0 radical (unpaired) electrons. The second kappa shape index (κ2) is 8.41. The first-order valence-electron chi connectivity index (χ1n) is 8.69. The molecule has 1 saturated heterocycles. The predicted molar refractivity (Wildman–Crippen MR) is 106 cm³/mol. The van der Waals surface area contributed by atoms with Crippen LogP contribution in [-0.4, -0.2) is 46.9 Å². The number of ether oxygens (including phenoxy) is 1. The summed E-state index contributed by atoms with van der Waals surface area (Å²) < 4.78 is 30.7. The van der Waals surface area contributed by atoms with E-state index >= 15 is 0 Å². The van der Waals surface area contributed by atoms with Crippen LogP contribution in [0.15, 0.2) is 48.5 Å². The van der Waals surface area contributed by atoms with Crippen molar-refractivity contribution in [1.82, 2.24) is 5.32 Å². The van der Waals surface area contributed by atoms with E-state index in [4.69, 9.17) is 4.74 Å². The Labute approximate surface area is 159 Å². The summed E-state index contributed by atoms with van der Waals surface area (Å²) in [5, 5.41) is 2.83. The highest BCUT2D eigenvalue weighted by molar-refractivity contribution is 7.92. The van der Waals surface area contributed by atoms with Crippen molar-refractivity contribution in [1.29, 1.82) is 0 Å². The maximum atomic E-state index is 12.5. The van der Waals surface area contributed by atoms with Gasteiger partial charge in [0, 0.05) is 25.3 Å². The number of morpholine rings is 1. The van der Waals surface area contributed by atoms with Crippen molar-refractivity contribution in [3.05, 3.63) is 59.7 Å². The molecule has 144 valence electrons. The minimum atomic E-state index is -3.46. The molecule has 0 aromatic heterocycles. The number of amides is 1. The van der Waals surface area contributed by atoms with Crippen LogP contribution in [0.5, 0.6) is 0 Å². The first-order chi connectivity index (χ1) is 12.9. The van der Waals surface area contributed by atoms with Gasteiger partial charge in [0.05, 0.1) is 30.7 Å². The summed E-state index contributed by atoms with van der Waals surface area (Å²) in [6.07, 6.45) is 1.05. The van der Waals surface area contributed by atoms with Crippen molar-refractivity contribution in [3.8, 4) is 0 Å². The molecule has 1 aliphatic rings. The lowest BCUT2D eigenvalue weighted by Gasteiger charge is -2.28. The van der Waals surface area contributed by atoms with Gasteiger partial charge in [-0.3, -0.25) is 9.52 Å². The van der Waals surface area contributed by atoms with Gasteiger partial charge in [0.15, 0.2) is 0 Å². The molecular weight excluding hydrogens is 366 g/mol. The average molecular weight is 389 g/mol. The summed E-state index contributed by atoms with van der Waals surface area (Å²) in [6, 6.07) is 14.5. The largest absolute Gasteiger partial charge is 0.378 e. The van der Waals surface area contributed by atoms with Crippen molar-refractivity contribution in [2.45, 2.75) is 6.54 Å². The zero-order valence-corrected chi connectivity index (χ0v) is 16.0. The lowest BCUT2D eigenvalue weighted by molar-refractivity contribution is 0.0952. The molecule has 0 atom stereocenters. The number of carbonyl (C=O) groups is 1. The third-order valence-electron chi connectivity index (χ3n) is 4.23. The summed E-state index contributed by atoms with van der Waals surface area (Å²) in [5.74, 6) is -0.334. The Morgan fingerprint density at radius 3 is 2.41 bits per heavy atom. The molecule has 1 fully saturated rings. The number of nitrogens with one attached hydrogen (secondary N) is 2. The third-order valence-corrected chi connectivity index (χ3v) is 4.82. The van der Waals surface area contributed by atoms with Crippen LogP contribution >= 0.6 is 0 Å². The van der Waals surface area contributed by atoms with E-state index in [0.717, 1.165) is 43.8 Å². The Hall–Kier alpha value is -2.58. The second-order valence-electron chi connectivity index (χ2n) is 6.37. The molecule has 1 aliphatic heterocycles. The molecule has 8 heteroatoms. The van der Waals surface area contributed by atoms with Crippen molar-refractivity contribution < 1.29 is 17.9 Å². The van der Waals surface area contributed by atoms with Crippen molar-refractivity contribution in [3.63, 3.8) is 0 Å². The fourth-order valence-corrected chi connectivity index (χ4v) is 3.47. The van der Waals surface area contributed by atoms with Crippen molar-refractivity contribution in [2.75, 3.05) is 42.2 Å². The van der Waals surface area contributed by atoms with Gasteiger partial charge in [-0.25, -0.2) is 8.42 Å². The monoisotopic (exact) mass is 389 g/mol. The molecule has 2 aromatic carbocycles. The maximum absolute atomic E-state index is 12.5. The van der Waals surface area contributed by atoms with Crippen LogP contribution in [0.3, 0.4) is 0 Å². The molecule has 0 aliphatic carbocycles. The number of para-hydroxylation sites is 1. The average Bonchev–Trinajstić information content (AvgIpc) is 2.66. The quantitative estimate of drug-likeness (QED) is 0.787. The van der Waals surface area contributed by atoms with Gasteiger partial charge in [0.1, 0.15) is 0 Å². The van der Waals surface area contributed by atoms with Crippen LogP contribution in [0.1, 0.15) is 15.9 Å². The molecule has 1 heterocycles. The minimum absolute atomic E-state index is 0.264. The van der Waals surface area contributed by atoms with Gasteiger partial charge >= 0.3 is 0 Å². The standard InChI is InChI=1S/C19H23N3O4S/c1-27(24,25)21-18-5-3-2-4-17(18)19(23)20-14-15-6-8-16(9-7-15)22-10-12-26-13-11-22/h2-9,21H,10-14H2,1H3,(H,20,23). The predicted octanol–water partition coefficient (Wildman–Crippen LogP) is 1.82. The third kappa shape index (κ3) is 5.45. The van der Waals surface area contributed by atoms with Crippen molar-refractivity contribution in [2.24, 2.45) is 0 Å². The van der Waals surface area contributed by atoms with Crippen LogP contribution in [0.2, 0.25) is 0 Å². The maximum Gasteiger partial charge on any atom is 0.253 e. The van der Waals surface area contributed by atoms with Crippen LogP contribution in [0, 0.1) is 0 Å². The van der Waals surface area contributed by atoms with E-state index in [1.165, 1.54) is 0 Å². The SMILES string of the molecule is CS(=O)(=O)Nc1ccccc1C(=O)NCc1ccc(N2CCOCC2)cc1. The zero-order chi connectivity index (χ0) is 19.3. The van der Waals surface area contributed by atoms with Gasteiger partial charge in [-0.05, 0) is 29.8 Å². The number of hydrogen-bond donors (Lipinski definition) is 2. The fraction of sp³-hybridized carbons (Fsp3) is 0.316. The lowest BCUT2D eigenvalue weighted by atomic mass is 10.1. The first-order valence-corrected chi connectivity index (χ1v) is 10.6. The number of carbonyl (C=O) groups excluding carboxylic acids is 1. The lowest BCUT2D eigenvalue weighted by Crippen LogP contribution is -2.36. The molecule has 0 spiro atoms. The second-order valence-corrected chi connectivity index (χ2v) is 8.12.